The van der Waals surface area contributed by atoms with Gasteiger partial charge in [0.25, 0.3) is 5.91 Å². The monoisotopic (exact) mass is 456 g/mol. The number of anilines is 1. The Labute approximate surface area is 190 Å². The van der Waals surface area contributed by atoms with Crippen LogP contribution in [0.1, 0.15) is 21.6 Å². The Morgan fingerprint density at radius 1 is 1.19 bits per heavy atom. The lowest BCUT2D eigenvalue weighted by atomic mass is 10.1. The summed E-state index contributed by atoms with van der Waals surface area (Å²) >= 11 is 6.44. The topological polar surface area (TPSA) is 76.5 Å². The summed E-state index contributed by atoms with van der Waals surface area (Å²) in [6.07, 6.45) is 2.85. The number of aryl methyl sites for hydroxylation is 1. The SMILES string of the molecule is COc1ccc(C(=O)N(C)C)cc1NC(=O)/C=C/c1c(C)nn(-c2ccc(F)cc2)c1Cl. The van der Waals surface area contributed by atoms with Gasteiger partial charge in [-0.15, -0.1) is 0 Å². The molecule has 1 aromatic heterocycles. The van der Waals surface area contributed by atoms with Crippen LogP contribution < -0.4 is 10.1 Å². The van der Waals surface area contributed by atoms with Gasteiger partial charge in [0, 0.05) is 31.3 Å². The fourth-order valence-corrected chi connectivity index (χ4v) is 3.32. The number of benzene rings is 2. The molecule has 0 bridgehead atoms. The smallest absolute Gasteiger partial charge is 0.253 e. The van der Waals surface area contributed by atoms with E-state index in [2.05, 4.69) is 10.4 Å². The standard InChI is InChI=1S/C23H22ClFN4O3/c1-14-18(22(24)29(27-14)17-8-6-16(25)7-9-17)10-12-21(30)26-19-13-15(23(31)28(2)3)5-11-20(19)32-4/h5-13H,1-4H3,(H,26,30)/b12-10+. The molecule has 7 nitrogen and oxygen atoms in total. The first-order chi connectivity index (χ1) is 15.2. The molecule has 0 aliphatic rings. The molecule has 166 valence electrons. The fourth-order valence-electron chi connectivity index (χ4n) is 2.98. The van der Waals surface area contributed by atoms with Gasteiger partial charge in [-0.3, -0.25) is 9.59 Å². The van der Waals surface area contributed by atoms with Crippen LogP contribution in [-0.2, 0) is 4.79 Å². The van der Waals surface area contributed by atoms with E-state index in [-0.39, 0.29) is 16.9 Å². The third-order valence-electron chi connectivity index (χ3n) is 4.63. The van der Waals surface area contributed by atoms with E-state index < -0.39 is 5.91 Å². The Morgan fingerprint density at radius 2 is 1.88 bits per heavy atom. The molecule has 0 aliphatic carbocycles. The minimum absolute atomic E-state index is 0.200. The van der Waals surface area contributed by atoms with Gasteiger partial charge >= 0.3 is 0 Å². The zero-order valence-corrected chi connectivity index (χ0v) is 18.8. The number of nitrogens with zero attached hydrogens (tertiary/aromatic N) is 3. The summed E-state index contributed by atoms with van der Waals surface area (Å²) < 4.78 is 19.9. The molecule has 3 aromatic rings. The normalized spacial score (nSPS) is 10.9. The number of rotatable bonds is 6. The van der Waals surface area contributed by atoms with E-state index >= 15 is 0 Å². The van der Waals surface area contributed by atoms with Crippen LogP contribution in [0.5, 0.6) is 5.75 Å². The van der Waals surface area contributed by atoms with Gasteiger partial charge in [-0.1, -0.05) is 11.6 Å². The lowest BCUT2D eigenvalue weighted by Gasteiger charge is -2.14. The third kappa shape index (κ3) is 4.97. The van der Waals surface area contributed by atoms with E-state index in [0.29, 0.717) is 33.9 Å². The summed E-state index contributed by atoms with van der Waals surface area (Å²) in [6, 6.07) is 10.5. The van der Waals surface area contributed by atoms with Gasteiger partial charge in [0.1, 0.15) is 16.7 Å². The third-order valence-corrected chi connectivity index (χ3v) is 4.99. The molecule has 3 rings (SSSR count). The fraction of sp³-hybridized carbons (Fsp3) is 0.174. The number of carbonyl (C=O) groups is 2. The summed E-state index contributed by atoms with van der Waals surface area (Å²) in [4.78, 5) is 26.2. The van der Waals surface area contributed by atoms with Crippen molar-refractivity contribution in [2.75, 3.05) is 26.5 Å². The first-order valence-electron chi connectivity index (χ1n) is 9.61. The van der Waals surface area contributed by atoms with Crippen LogP contribution in [0.15, 0.2) is 48.5 Å². The summed E-state index contributed by atoms with van der Waals surface area (Å²) in [7, 11) is 4.76. The van der Waals surface area contributed by atoms with Crippen LogP contribution in [0.25, 0.3) is 11.8 Å². The number of nitrogens with one attached hydrogen (secondary N) is 1. The van der Waals surface area contributed by atoms with Crippen LogP contribution in [0.3, 0.4) is 0 Å². The Bertz CT molecular complexity index is 1190. The summed E-state index contributed by atoms with van der Waals surface area (Å²) in [5.74, 6) is -0.588. The number of aromatic nitrogens is 2. The Morgan fingerprint density at radius 3 is 2.50 bits per heavy atom. The van der Waals surface area contributed by atoms with E-state index in [4.69, 9.17) is 16.3 Å². The number of halogens is 2. The van der Waals surface area contributed by atoms with Gasteiger partial charge in [0.05, 0.1) is 24.2 Å². The number of amides is 2. The van der Waals surface area contributed by atoms with E-state index in [1.807, 2.05) is 0 Å². The molecule has 0 saturated heterocycles. The van der Waals surface area contributed by atoms with E-state index in [9.17, 15) is 14.0 Å². The molecule has 0 saturated carbocycles. The highest BCUT2D eigenvalue weighted by Crippen LogP contribution is 2.27. The molecule has 2 aromatic carbocycles. The number of carbonyl (C=O) groups excluding carboxylic acids is 2. The van der Waals surface area contributed by atoms with Crippen LogP contribution in [0.2, 0.25) is 5.15 Å². The number of hydrogen-bond acceptors (Lipinski definition) is 4. The highest BCUT2D eigenvalue weighted by atomic mass is 35.5. The summed E-state index contributed by atoms with van der Waals surface area (Å²) in [5.41, 5.74) is 2.51. The van der Waals surface area contributed by atoms with Gasteiger partial charge in [-0.05, 0) is 55.5 Å². The molecular weight excluding hydrogens is 435 g/mol. The second-order valence-electron chi connectivity index (χ2n) is 7.12. The maximum atomic E-state index is 13.2. The van der Waals surface area contributed by atoms with Crippen molar-refractivity contribution in [1.29, 1.82) is 0 Å². The summed E-state index contributed by atoms with van der Waals surface area (Å²) in [5, 5.41) is 7.37. The maximum absolute atomic E-state index is 13.2. The number of methoxy groups -OCH3 is 1. The van der Waals surface area contributed by atoms with Crippen LogP contribution >= 0.6 is 11.6 Å². The van der Waals surface area contributed by atoms with E-state index in [0.717, 1.165) is 0 Å². The van der Waals surface area contributed by atoms with Gasteiger partial charge in [0.2, 0.25) is 5.91 Å². The van der Waals surface area contributed by atoms with Crippen molar-refractivity contribution in [3.05, 3.63) is 76.3 Å². The average molecular weight is 457 g/mol. The minimum atomic E-state index is -0.442. The molecule has 1 N–H and O–H groups in total. The summed E-state index contributed by atoms with van der Waals surface area (Å²) in [6.45, 7) is 1.75. The van der Waals surface area contributed by atoms with Crippen LogP contribution in [0.4, 0.5) is 10.1 Å². The Balaban J connectivity index is 1.83. The quantitative estimate of drug-likeness (QED) is 0.560. The molecule has 0 atom stereocenters. The highest BCUT2D eigenvalue weighted by Gasteiger charge is 2.15. The van der Waals surface area contributed by atoms with Crippen molar-refractivity contribution in [3.63, 3.8) is 0 Å². The molecule has 0 aliphatic heterocycles. The lowest BCUT2D eigenvalue weighted by Crippen LogP contribution is -2.22. The Kier molecular flexibility index (Phi) is 6.95. The van der Waals surface area contributed by atoms with Crippen molar-refractivity contribution in [3.8, 4) is 11.4 Å². The molecule has 1 heterocycles. The van der Waals surface area contributed by atoms with Crippen LogP contribution in [0, 0.1) is 12.7 Å². The lowest BCUT2D eigenvalue weighted by molar-refractivity contribution is -0.111. The van der Waals surface area contributed by atoms with Crippen molar-refractivity contribution in [1.82, 2.24) is 14.7 Å². The molecule has 0 spiro atoms. The zero-order valence-electron chi connectivity index (χ0n) is 18.0. The Hall–Kier alpha value is -3.65. The van der Waals surface area contributed by atoms with Crippen molar-refractivity contribution in [2.24, 2.45) is 0 Å². The number of ether oxygens (including phenoxy) is 1. The van der Waals surface area contributed by atoms with Gasteiger partial charge in [-0.25, -0.2) is 9.07 Å². The van der Waals surface area contributed by atoms with Gasteiger partial charge in [-0.2, -0.15) is 5.10 Å². The second kappa shape index (κ2) is 9.65. The first-order valence-corrected chi connectivity index (χ1v) is 9.99. The molecular formula is C23H22ClFN4O3. The first kappa shape index (κ1) is 23.0. The number of hydrogen-bond donors (Lipinski definition) is 1. The zero-order chi connectivity index (χ0) is 23.4. The maximum Gasteiger partial charge on any atom is 0.253 e. The van der Waals surface area contributed by atoms with E-state index in [1.54, 1.807) is 57.4 Å². The van der Waals surface area contributed by atoms with Crippen molar-refractivity contribution in [2.45, 2.75) is 6.92 Å². The largest absolute Gasteiger partial charge is 0.495 e. The molecule has 0 unspecified atom stereocenters. The van der Waals surface area contributed by atoms with Gasteiger partial charge < -0.3 is 15.0 Å². The molecule has 2 amide bonds. The minimum Gasteiger partial charge on any atom is -0.495 e. The molecule has 0 fully saturated rings. The average Bonchev–Trinajstić information content (AvgIpc) is 3.05. The molecule has 9 heteroatoms. The van der Waals surface area contributed by atoms with Crippen molar-refractivity contribution < 1.29 is 18.7 Å². The molecule has 32 heavy (non-hydrogen) atoms. The van der Waals surface area contributed by atoms with E-state index in [1.165, 1.54) is 34.9 Å². The molecule has 0 radical (unpaired) electrons. The predicted octanol–water partition coefficient (Wildman–Crippen LogP) is 4.34. The predicted molar refractivity (Wildman–Crippen MR) is 122 cm³/mol. The van der Waals surface area contributed by atoms with Crippen molar-refractivity contribution >= 4 is 35.2 Å². The second-order valence-corrected chi connectivity index (χ2v) is 7.47. The highest BCUT2D eigenvalue weighted by molar-refractivity contribution is 6.31. The van der Waals surface area contributed by atoms with Gasteiger partial charge in [0.15, 0.2) is 0 Å². The van der Waals surface area contributed by atoms with Crippen LogP contribution in [-0.4, -0.2) is 47.7 Å².